The summed E-state index contributed by atoms with van der Waals surface area (Å²) in [6.07, 6.45) is 3.86. The van der Waals surface area contributed by atoms with Crippen molar-refractivity contribution < 1.29 is 21.1 Å². The molecule has 0 N–H and O–H groups in total. The van der Waals surface area contributed by atoms with Gasteiger partial charge in [0.2, 0.25) is 0 Å². The SMILES string of the molecule is Cc1cc(C)c(-c2c[c-]c3c(c2)[Si]2(c4ccccc4-c4ccccc42)c2cccnc2-3)c(C)c1.Cc1cc(C)c(-c2c[c-]c3c(c2)[Si]2(c4ccccc4-c4ccccc42)c2cccnc2-3)c(C)c1.[Pt+2]. The first-order valence-electron chi connectivity index (χ1n) is 23.8. The van der Waals surface area contributed by atoms with Crippen LogP contribution in [0.4, 0.5) is 0 Å². The monoisotopic (exact) mass is 1100 g/mol. The van der Waals surface area contributed by atoms with E-state index in [9.17, 15) is 0 Å². The van der Waals surface area contributed by atoms with E-state index in [1.807, 2.05) is 12.4 Å². The number of nitrogens with zero attached hydrogens (tertiary/aromatic N) is 2. The van der Waals surface area contributed by atoms with Crippen molar-refractivity contribution in [2.24, 2.45) is 0 Å². The minimum Gasteiger partial charge on any atom is -0.305 e. The van der Waals surface area contributed by atoms with Crippen LogP contribution in [0.3, 0.4) is 0 Å². The molecule has 2 spiro atoms. The number of aromatic nitrogens is 2. The van der Waals surface area contributed by atoms with Crippen molar-refractivity contribution in [1.82, 2.24) is 9.97 Å². The molecule has 4 aliphatic rings. The number of rotatable bonds is 2. The van der Waals surface area contributed by atoms with Gasteiger partial charge in [-0.25, -0.2) is 0 Å². The van der Waals surface area contributed by atoms with Gasteiger partial charge in [0.05, 0.1) is 0 Å². The van der Waals surface area contributed by atoms with Gasteiger partial charge in [0.25, 0.3) is 0 Å². The Labute approximate surface area is 422 Å². The van der Waals surface area contributed by atoms with Crippen molar-refractivity contribution in [3.8, 4) is 67.0 Å². The molecule has 0 fully saturated rings. The van der Waals surface area contributed by atoms with E-state index < -0.39 is 16.1 Å². The van der Waals surface area contributed by atoms with E-state index in [-0.39, 0.29) is 21.1 Å². The third-order valence-electron chi connectivity index (χ3n) is 15.4. The second-order valence-corrected chi connectivity index (χ2v) is 26.7. The third kappa shape index (κ3) is 5.99. The summed E-state index contributed by atoms with van der Waals surface area (Å²) in [7, 11) is -4.91. The van der Waals surface area contributed by atoms with Crippen LogP contribution in [0.2, 0.25) is 0 Å². The maximum absolute atomic E-state index is 4.92. The molecule has 0 aliphatic carbocycles. The van der Waals surface area contributed by atoms with Gasteiger partial charge in [0.1, 0.15) is 16.1 Å². The molecule has 2 nitrogen and oxygen atoms in total. The molecule has 0 atom stereocenters. The Morgan fingerprint density at radius 1 is 0.348 bits per heavy atom. The van der Waals surface area contributed by atoms with Crippen LogP contribution in [0, 0.1) is 53.7 Å². The van der Waals surface area contributed by atoms with Crippen LogP contribution < -0.4 is 41.5 Å². The predicted molar refractivity (Wildman–Crippen MR) is 289 cm³/mol. The van der Waals surface area contributed by atoms with E-state index in [1.165, 1.54) is 131 Å². The van der Waals surface area contributed by atoms with Gasteiger partial charge >= 0.3 is 21.1 Å². The zero-order chi connectivity index (χ0) is 46.1. The topological polar surface area (TPSA) is 25.8 Å². The molecule has 4 aliphatic heterocycles. The first-order valence-corrected chi connectivity index (χ1v) is 27.8. The Bertz CT molecular complexity index is 3370. The maximum Gasteiger partial charge on any atom is 2.00 e. The molecule has 2 aromatic heterocycles. The molecule has 6 heterocycles. The molecule has 0 saturated heterocycles. The van der Waals surface area contributed by atoms with Gasteiger partial charge in [-0.05, 0) is 108 Å². The molecule has 0 saturated carbocycles. The predicted octanol–water partition coefficient (Wildman–Crippen LogP) is 9.62. The molecule has 332 valence electrons. The zero-order valence-electron chi connectivity index (χ0n) is 39.5. The summed E-state index contributed by atoms with van der Waals surface area (Å²) in [4.78, 5) is 9.84. The molecule has 69 heavy (non-hydrogen) atoms. The fraction of sp³-hybridized carbons (Fsp3) is 0.0938. The summed E-state index contributed by atoms with van der Waals surface area (Å²) in [5.41, 5.74) is 23.2. The van der Waals surface area contributed by atoms with Crippen LogP contribution >= 0.6 is 0 Å². The van der Waals surface area contributed by atoms with E-state index in [4.69, 9.17) is 9.97 Å². The van der Waals surface area contributed by atoms with Crippen LogP contribution in [0.25, 0.3) is 67.0 Å². The Kier molecular flexibility index (Phi) is 10.2. The number of aryl methyl sites for hydroxylation is 6. The van der Waals surface area contributed by atoms with Gasteiger partial charge in [-0.2, -0.15) is 0 Å². The van der Waals surface area contributed by atoms with Crippen molar-refractivity contribution >= 4 is 57.6 Å². The molecule has 0 radical (unpaired) electrons. The first kappa shape index (κ1) is 43.5. The summed E-state index contributed by atoms with van der Waals surface area (Å²) in [6.45, 7) is 13.3. The molecule has 0 amide bonds. The summed E-state index contributed by atoms with van der Waals surface area (Å²) < 4.78 is 0. The van der Waals surface area contributed by atoms with Crippen LogP contribution in [-0.4, -0.2) is 26.1 Å². The van der Waals surface area contributed by atoms with Gasteiger partial charge in [0.15, 0.2) is 0 Å². The number of fused-ring (bicyclic) bond motifs is 20. The van der Waals surface area contributed by atoms with Crippen molar-refractivity contribution in [3.05, 3.63) is 228 Å². The first-order chi connectivity index (χ1) is 33.2. The molecule has 0 unspecified atom stereocenters. The van der Waals surface area contributed by atoms with E-state index in [0.717, 1.165) is 11.4 Å². The second kappa shape index (κ2) is 16.1. The minimum absolute atomic E-state index is 0. The number of hydrogen-bond donors (Lipinski definition) is 0. The van der Waals surface area contributed by atoms with E-state index >= 15 is 0 Å². The fourth-order valence-electron chi connectivity index (χ4n) is 13.3. The zero-order valence-corrected chi connectivity index (χ0v) is 43.8. The van der Waals surface area contributed by atoms with Gasteiger partial charge in [-0.15, -0.1) is 57.9 Å². The smallest absolute Gasteiger partial charge is 0.305 e. The van der Waals surface area contributed by atoms with E-state index in [1.54, 1.807) is 0 Å². The number of pyridine rings is 2. The van der Waals surface area contributed by atoms with Gasteiger partial charge in [0, 0.05) is 12.4 Å². The summed E-state index contributed by atoms with van der Waals surface area (Å²) >= 11 is 0. The summed E-state index contributed by atoms with van der Waals surface area (Å²) in [5.74, 6) is 0. The molecular weight excluding hydrogens is 1050 g/mol. The van der Waals surface area contributed by atoms with Crippen molar-refractivity contribution in [1.29, 1.82) is 0 Å². The quantitative estimate of drug-likeness (QED) is 0.128. The molecule has 8 aromatic carbocycles. The molecule has 5 heteroatoms. The number of hydrogen-bond acceptors (Lipinski definition) is 2. The van der Waals surface area contributed by atoms with Crippen LogP contribution in [0.15, 0.2) is 182 Å². The van der Waals surface area contributed by atoms with Gasteiger partial charge in [-0.3, -0.25) is 0 Å². The van der Waals surface area contributed by atoms with Crippen molar-refractivity contribution in [2.75, 3.05) is 0 Å². The minimum atomic E-state index is -2.46. The molecular formula is C64H48N2PtSi2. The molecule has 14 rings (SSSR count). The van der Waals surface area contributed by atoms with Crippen molar-refractivity contribution in [3.63, 3.8) is 0 Å². The Morgan fingerprint density at radius 3 is 0.986 bits per heavy atom. The Balaban J connectivity index is 0.000000141. The van der Waals surface area contributed by atoms with Crippen LogP contribution in [-0.2, 0) is 21.1 Å². The van der Waals surface area contributed by atoms with Crippen LogP contribution in [0.1, 0.15) is 33.4 Å². The van der Waals surface area contributed by atoms with E-state index in [2.05, 4.69) is 224 Å². The fourth-order valence-corrected chi connectivity index (χ4v) is 24.3. The largest absolute Gasteiger partial charge is 2.00 e. The van der Waals surface area contributed by atoms with Crippen LogP contribution in [0.5, 0.6) is 0 Å². The Morgan fingerprint density at radius 2 is 0.652 bits per heavy atom. The Hall–Kier alpha value is -6.82. The number of benzene rings is 8. The molecule has 0 bridgehead atoms. The van der Waals surface area contributed by atoms with E-state index in [0.29, 0.717) is 0 Å². The normalized spacial score (nSPS) is 13.8. The maximum atomic E-state index is 4.92. The average Bonchev–Trinajstić information content (AvgIpc) is 4.02. The van der Waals surface area contributed by atoms with Gasteiger partial charge in [-0.1, -0.05) is 199 Å². The summed E-state index contributed by atoms with van der Waals surface area (Å²) in [6, 6.07) is 70.9. The second-order valence-electron chi connectivity index (χ2n) is 19.4. The molecule has 10 aromatic rings. The van der Waals surface area contributed by atoms with Crippen molar-refractivity contribution in [2.45, 2.75) is 41.5 Å². The third-order valence-corrected chi connectivity index (χ3v) is 25.2. The average molecular weight is 1100 g/mol. The standard InChI is InChI=1S/2C32H24NSi.Pt/c2*1-20-17-21(2)31(22(3)18-20)23-14-15-26-30(19-23)34(29-13-8-16-33-32(26)29)27-11-6-4-9-24(27)25-10-5-7-12-28(25)34;/h2*4-14,16-19H,1-3H3;/q2*-1;+2. The summed E-state index contributed by atoms with van der Waals surface area (Å²) in [5, 5.41) is 11.6. The van der Waals surface area contributed by atoms with Gasteiger partial charge < -0.3 is 9.97 Å².